The number of aromatic nitrogens is 1. The highest BCUT2D eigenvalue weighted by atomic mass is 79.9. The van der Waals surface area contributed by atoms with Crippen LogP contribution in [-0.2, 0) is 0 Å². The summed E-state index contributed by atoms with van der Waals surface area (Å²) >= 11 is 9.49. The van der Waals surface area contributed by atoms with Gasteiger partial charge in [0.2, 0.25) is 0 Å². The Bertz CT molecular complexity index is 836. The summed E-state index contributed by atoms with van der Waals surface area (Å²) in [5.41, 5.74) is 1.27. The van der Waals surface area contributed by atoms with Gasteiger partial charge in [0.15, 0.2) is 12.0 Å². The topological polar surface area (TPSA) is 39.2 Å². The first-order valence-electron chi connectivity index (χ1n) is 6.15. The average molecular weight is 363 g/mol. The normalized spacial score (nSPS) is 10.6. The van der Waals surface area contributed by atoms with E-state index in [9.17, 15) is 4.79 Å². The molecule has 0 radical (unpaired) electrons. The van der Waals surface area contributed by atoms with Crippen LogP contribution < -0.4 is 4.74 Å². The lowest BCUT2D eigenvalue weighted by atomic mass is 10.2. The van der Waals surface area contributed by atoms with E-state index in [2.05, 4.69) is 20.9 Å². The van der Waals surface area contributed by atoms with Crippen molar-refractivity contribution in [1.29, 1.82) is 0 Å². The molecule has 0 unspecified atom stereocenters. The van der Waals surface area contributed by atoms with Gasteiger partial charge >= 0.3 is 0 Å². The molecule has 0 fully saturated rings. The molecule has 5 heteroatoms. The molecule has 3 aromatic rings. The lowest BCUT2D eigenvalue weighted by Gasteiger charge is -2.10. The molecule has 0 spiro atoms. The third-order valence-electron chi connectivity index (χ3n) is 3.01. The molecular formula is C16H9BrClNO2. The summed E-state index contributed by atoms with van der Waals surface area (Å²) in [5.74, 6) is 1.22. The van der Waals surface area contributed by atoms with Gasteiger partial charge in [0.25, 0.3) is 0 Å². The van der Waals surface area contributed by atoms with Crippen molar-refractivity contribution in [2.24, 2.45) is 0 Å². The Hall–Kier alpha value is -1.91. The van der Waals surface area contributed by atoms with Crippen LogP contribution >= 0.6 is 27.5 Å². The fourth-order valence-electron chi connectivity index (χ4n) is 1.99. The highest BCUT2D eigenvalue weighted by molar-refractivity contribution is 9.10. The van der Waals surface area contributed by atoms with E-state index in [4.69, 9.17) is 16.3 Å². The maximum atomic E-state index is 10.8. The van der Waals surface area contributed by atoms with Crippen LogP contribution in [0.15, 0.2) is 53.1 Å². The van der Waals surface area contributed by atoms with E-state index >= 15 is 0 Å². The number of carbonyl (C=O) groups excluding carboxylic acids is 1. The van der Waals surface area contributed by atoms with Gasteiger partial charge < -0.3 is 4.74 Å². The van der Waals surface area contributed by atoms with Crippen LogP contribution in [0, 0.1) is 0 Å². The second-order valence-corrected chi connectivity index (χ2v) is 5.61. The Morgan fingerprint density at radius 2 is 2.05 bits per heavy atom. The van der Waals surface area contributed by atoms with Crippen LogP contribution in [-0.4, -0.2) is 11.3 Å². The van der Waals surface area contributed by atoms with E-state index in [1.54, 1.807) is 36.5 Å². The summed E-state index contributed by atoms with van der Waals surface area (Å²) in [6.45, 7) is 0. The van der Waals surface area contributed by atoms with Crippen molar-refractivity contribution in [3.05, 3.63) is 63.7 Å². The van der Waals surface area contributed by atoms with Crippen LogP contribution in [0.2, 0.25) is 5.02 Å². The summed E-state index contributed by atoms with van der Waals surface area (Å²) < 4.78 is 6.54. The number of hydrogen-bond donors (Lipinski definition) is 0. The van der Waals surface area contributed by atoms with E-state index in [1.165, 1.54) is 0 Å². The fraction of sp³-hybridized carbons (Fsp3) is 0. The molecule has 0 bridgehead atoms. The van der Waals surface area contributed by atoms with Crippen molar-refractivity contribution in [2.75, 3.05) is 0 Å². The lowest BCUT2D eigenvalue weighted by molar-refractivity contribution is 0.112. The SMILES string of the molecule is O=Cc1ccc(Oc2ccc(Cl)c3cccnc23)cc1Br. The van der Waals surface area contributed by atoms with Gasteiger partial charge in [0.05, 0.1) is 5.02 Å². The first-order chi connectivity index (χ1) is 10.2. The van der Waals surface area contributed by atoms with Crippen molar-refractivity contribution in [2.45, 2.75) is 0 Å². The smallest absolute Gasteiger partial charge is 0.153 e. The minimum Gasteiger partial charge on any atom is -0.455 e. The Labute approximate surface area is 134 Å². The number of ether oxygens (including phenoxy) is 1. The number of pyridine rings is 1. The van der Waals surface area contributed by atoms with Crippen LogP contribution in [0.3, 0.4) is 0 Å². The highest BCUT2D eigenvalue weighted by Crippen LogP contribution is 2.33. The number of nitrogens with zero attached hydrogens (tertiary/aromatic N) is 1. The van der Waals surface area contributed by atoms with Crippen molar-refractivity contribution < 1.29 is 9.53 Å². The fourth-order valence-corrected chi connectivity index (χ4v) is 2.65. The van der Waals surface area contributed by atoms with Crippen LogP contribution in [0.1, 0.15) is 10.4 Å². The van der Waals surface area contributed by atoms with Crippen LogP contribution in [0.4, 0.5) is 0 Å². The molecule has 3 nitrogen and oxygen atoms in total. The van der Waals surface area contributed by atoms with Gasteiger partial charge in [-0.25, -0.2) is 0 Å². The molecule has 0 aliphatic carbocycles. The number of halogens is 2. The molecule has 0 aliphatic rings. The zero-order valence-electron chi connectivity index (χ0n) is 10.7. The monoisotopic (exact) mass is 361 g/mol. The van der Waals surface area contributed by atoms with Crippen molar-refractivity contribution >= 4 is 44.7 Å². The van der Waals surface area contributed by atoms with Gasteiger partial charge in [0.1, 0.15) is 11.3 Å². The number of benzene rings is 2. The number of fused-ring (bicyclic) bond motifs is 1. The number of aldehydes is 1. The minimum atomic E-state index is 0.571. The summed E-state index contributed by atoms with van der Waals surface area (Å²) in [6.07, 6.45) is 2.48. The zero-order valence-corrected chi connectivity index (χ0v) is 13.1. The third-order valence-corrected chi connectivity index (χ3v) is 4.02. The minimum absolute atomic E-state index is 0.571. The summed E-state index contributed by atoms with van der Waals surface area (Å²) in [5, 5.41) is 1.46. The molecule has 0 saturated carbocycles. The van der Waals surface area contributed by atoms with E-state index in [1.807, 2.05) is 12.1 Å². The number of rotatable bonds is 3. The molecule has 0 saturated heterocycles. The zero-order chi connectivity index (χ0) is 14.8. The largest absolute Gasteiger partial charge is 0.455 e. The standard InChI is InChI=1S/C16H9BrClNO2/c17-13-8-11(4-3-10(13)9-20)21-15-6-5-14(18)12-2-1-7-19-16(12)15/h1-9H. The van der Waals surface area contributed by atoms with Gasteiger partial charge in [-0.05, 0) is 58.4 Å². The molecular weight excluding hydrogens is 354 g/mol. The average Bonchev–Trinajstić information content (AvgIpc) is 2.51. The maximum absolute atomic E-state index is 10.8. The second-order valence-electron chi connectivity index (χ2n) is 4.35. The van der Waals surface area contributed by atoms with Gasteiger partial charge in [-0.2, -0.15) is 0 Å². The molecule has 1 heterocycles. The van der Waals surface area contributed by atoms with E-state index in [-0.39, 0.29) is 0 Å². The van der Waals surface area contributed by atoms with E-state index in [0.717, 1.165) is 11.7 Å². The molecule has 0 amide bonds. The van der Waals surface area contributed by atoms with Crippen LogP contribution in [0.25, 0.3) is 10.9 Å². The summed E-state index contributed by atoms with van der Waals surface area (Å²) in [7, 11) is 0. The van der Waals surface area contributed by atoms with Gasteiger partial charge in [-0.3, -0.25) is 9.78 Å². The Balaban J connectivity index is 2.04. The first kappa shape index (κ1) is 14.0. The van der Waals surface area contributed by atoms with Crippen molar-refractivity contribution in [1.82, 2.24) is 4.98 Å². The Morgan fingerprint density at radius 1 is 1.19 bits per heavy atom. The van der Waals surface area contributed by atoms with Gasteiger partial charge in [-0.1, -0.05) is 11.6 Å². The molecule has 3 rings (SSSR count). The van der Waals surface area contributed by atoms with E-state index < -0.39 is 0 Å². The van der Waals surface area contributed by atoms with E-state index in [0.29, 0.717) is 32.1 Å². The molecule has 21 heavy (non-hydrogen) atoms. The highest BCUT2D eigenvalue weighted by Gasteiger charge is 2.09. The molecule has 1 aromatic heterocycles. The third kappa shape index (κ3) is 2.77. The predicted molar refractivity (Wildman–Crippen MR) is 86.4 cm³/mol. The van der Waals surface area contributed by atoms with Gasteiger partial charge in [0, 0.05) is 21.6 Å². The Kier molecular flexibility index (Phi) is 3.90. The number of carbonyl (C=O) groups is 1. The number of hydrogen-bond acceptors (Lipinski definition) is 3. The van der Waals surface area contributed by atoms with Gasteiger partial charge in [-0.15, -0.1) is 0 Å². The maximum Gasteiger partial charge on any atom is 0.153 e. The lowest BCUT2D eigenvalue weighted by Crippen LogP contribution is -1.90. The summed E-state index contributed by atoms with van der Waals surface area (Å²) in [4.78, 5) is 15.1. The van der Waals surface area contributed by atoms with Crippen LogP contribution in [0.5, 0.6) is 11.5 Å². The summed E-state index contributed by atoms with van der Waals surface area (Å²) in [6, 6.07) is 12.4. The second kappa shape index (κ2) is 5.84. The Morgan fingerprint density at radius 3 is 2.81 bits per heavy atom. The van der Waals surface area contributed by atoms with Crippen molar-refractivity contribution in [3.8, 4) is 11.5 Å². The predicted octanol–water partition coefficient (Wildman–Crippen LogP) is 5.26. The molecule has 2 aromatic carbocycles. The first-order valence-corrected chi connectivity index (χ1v) is 7.32. The molecule has 0 N–H and O–H groups in total. The molecule has 104 valence electrons. The van der Waals surface area contributed by atoms with Crippen molar-refractivity contribution in [3.63, 3.8) is 0 Å². The molecule has 0 aliphatic heterocycles. The molecule has 0 atom stereocenters. The quantitative estimate of drug-likeness (QED) is 0.597.